The summed E-state index contributed by atoms with van der Waals surface area (Å²) < 4.78 is 18.8. The van der Waals surface area contributed by atoms with Gasteiger partial charge in [-0.3, -0.25) is 4.79 Å². The van der Waals surface area contributed by atoms with Crippen molar-refractivity contribution in [3.05, 3.63) is 114 Å². The second-order valence-electron chi connectivity index (χ2n) is 8.97. The lowest BCUT2D eigenvalue weighted by Crippen LogP contribution is -1.97. The maximum atomic E-state index is 13.0. The van der Waals surface area contributed by atoms with Crippen LogP contribution in [0.2, 0.25) is 0 Å². The van der Waals surface area contributed by atoms with Gasteiger partial charge < -0.3 is 4.74 Å². The van der Waals surface area contributed by atoms with Crippen molar-refractivity contribution >= 4 is 17.4 Å². The van der Waals surface area contributed by atoms with Crippen molar-refractivity contribution in [1.29, 1.82) is 0 Å². The fourth-order valence-electron chi connectivity index (χ4n) is 3.84. The Kier molecular flexibility index (Phi) is 10.5. The summed E-state index contributed by atoms with van der Waals surface area (Å²) in [5, 5.41) is 0. The molecule has 0 aliphatic rings. The molecular formula is C32H35FO2. The van der Waals surface area contributed by atoms with Gasteiger partial charge in [0, 0.05) is 5.56 Å². The van der Waals surface area contributed by atoms with Crippen molar-refractivity contribution in [1.82, 2.24) is 0 Å². The van der Waals surface area contributed by atoms with E-state index in [0.29, 0.717) is 5.56 Å². The largest absolute Gasteiger partial charge is 0.494 e. The monoisotopic (exact) mass is 470 g/mol. The first kappa shape index (κ1) is 26.2. The molecule has 3 aromatic carbocycles. The number of hydrogen-bond donors (Lipinski definition) is 0. The summed E-state index contributed by atoms with van der Waals surface area (Å²) in [6, 6.07) is 22.1. The first-order valence-corrected chi connectivity index (χ1v) is 12.5. The molecule has 2 nitrogen and oxygen atoms in total. The molecule has 0 N–H and O–H groups in total. The standard InChI is InChI=1S/C32H35FO2/c1-25(2)28-17-21-31(22-18-28)35-24-8-6-4-3-5-7-9-26-10-12-27(13-11-26)14-23-32(34)29-15-19-30(33)20-16-29/h10-23H,1,3-9,24H2,2H3. The van der Waals surface area contributed by atoms with Crippen molar-refractivity contribution < 1.29 is 13.9 Å². The molecule has 0 unspecified atom stereocenters. The molecule has 3 rings (SSSR count). The number of ether oxygens (including phenoxy) is 1. The second kappa shape index (κ2) is 14.1. The summed E-state index contributed by atoms with van der Waals surface area (Å²) >= 11 is 0. The number of aryl methyl sites for hydroxylation is 1. The fraction of sp³-hybridized carbons (Fsp3) is 0.281. The number of benzene rings is 3. The molecule has 0 heterocycles. The van der Waals surface area contributed by atoms with Gasteiger partial charge in [-0.05, 0) is 85.4 Å². The molecule has 0 saturated heterocycles. The van der Waals surface area contributed by atoms with E-state index in [9.17, 15) is 9.18 Å². The highest BCUT2D eigenvalue weighted by Gasteiger charge is 2.02. The molecular weight excluding hydrogens is 435 g/mol. The molecule has 182 valence electrons. The van der Waals surface area contributed by atoms with E-state index in [4.69, 9.17) is 4.74 Å². The summed E-state index contributed by atoms with van der Waals surface area (Å²) in [6.45, 7) is 6.73. The van der Waals surface area contributed by atoms with Gasteiger partial charge in [0.1, 0.15) is 11.6 Å². The quantitative estimate of drug-likeness (QED) is 0.134. The molecule has 0 spiro atoms. The molecule has 0 saturated carbocycles. The number of halogens is 1. The molecule has 3 heteroatoms. The number of ketones is 1. The Morgan fingerprint density at radius 1 is 0.800 bits per heavy atom. The van der Waals surface area contributed by atoms with Gasteiger partial charge in [0.2, 0.25) is 0 Å². The highest BCUT2D eigenvalue weighted by molar-refractivity contribution is 6.06. The fourth-order valence-corrected chi connectivity index (χ4v) is 3.84. The van der Waals surface area contributed by atoms with E-state index in [2.05, 4.69) is 30.8 Å². The van der Waals surface area contributed by atoms with E-state index in [0.717, 1.165) is 41.9 Å². The minimum Gasteiger partial charge on any atom is -0.494 e. The van der Waals surface area contributed by atoms with Crippen LogP contribution >= 0.6 is 0 Å². The zero-order chi connectivity index (χ0) is 24.9. The van der Waals surface area contributed by atoms with E-state index in [1.165, 1.54) is 68.0 Å². The van der Waals surface area contributed by atoms with E-state index in [1.807, 2.05) is 31.2 Å². The minimum atomic E-state index is -0.340. The Bertz CT molecular complexity index is 1090. The summed E-state index contributed by atoms with van der Waals surface area (Å²) in [6.07, 6.45) is 11.6. The molecule has 0 aliphatic heterocycles. The van der Waals surface area contributed by atoms with Crippen molar-refractivity contribution in [2.75, 3.05) is 6.61 Å². The van der Waals surface area contributed by atoms with E-state index >= 15 is 0 Å². The van der Waals surface area contributed by atoms with Gasteiger partial charge in [0.15, 0.2) is 5.78 Å². The van der Waals surface area contributed by atoms with Crippen LogP contribution in [0.1, 0.15) is 72.5 Å². The third-order valence-electron chi connectivity index (χ3n) is 6.01. The number of rotatable bonds is 14. The van der Waals surface area contributed by atoms with Gasteiger partial charge in [-0.2, -0.15) is 0 Å². The maximum absolute atomic E-state index is 13.0. The molecule has 0 amide bonds. The average Bonchev–Trinajstić information content (AvgIpc) is 2.87. The molecule has 0 radical (unpaired) electrons. The SMILES string of the molecule is C=C(C)c1ccc(OCCCCCCCCc2ccc(C=CC(=O)c3ccc(F)cc3)cc2)cc1. The topological polar surface area (TPSA) is 26.3 Å². The van der Waals surface area contributed by atoms with Crippen LogP contribution in [-0.4, -0.2) is 12.4 Å². The summed E-state index contributed by atoms with van der Waals surface area (Å²) in [5.41, 5.74) is 5.01. The van der Waals surface area contributed by atoms with Crippen molar-refractivity contribution in [2.45, 2.75) is 51.9 Å². The molecule has 0 aliphatic carbocycles. The zero-order valence-corrected chi connectivity index (χ0v) is 20.6. The second-order valence-corrected chi connectivity index (χ2v) is 8.97. The van der Waals surface area contributed by atoms with Crippen molar-refractivity contribution in [2.24, 2.45) is 0 Å². The summed E-state index contributed by atoms with van der Waals surface area (Å²) in [7, 11) is 0. The number of unbranched alkanes of at least 4 members (excludes halogenated alkanes) is 5. The predicted octanol–water partition coefficient (Wildman–Crippen LogP) is 8.72. The zero-order valence-electron chi connectivity index (χ0n) is 20.6. The number of carbonyl (C=O) groups is 1. The van der Waals surface area contributed by atoms with Crippen LogP contribution in [0, 0.1) is 5.82 Å². The molecule has 0 bridgehead atoms. The number of hydrogen-bond acceptors (Lipinski definition) is 2. The Balaban J connectivity index is 1.25. The summed E-state index contributed by atoms with van der Waals surface area (Å²) in [4.78, 5) is 12.2. The Morgan fingerprint density at radius 3 is 2.06 bits per heavy atom. The third kappa shape index (κ3) is 9.36. The van der Waals surface area contributed by atoms with Gasteiger partial charge in [-0.25, -0.2) is 4.39 Å². The van der Waals surface area contributed by atoms with Crippen LogP contribution in [0.5, 0.6) is 5.75 Å². The molecule has 0 fully saturated rings. The van der Waals surface area contributed by atoms with E-state index < -0.39 is 0 Å². The molecule has 0 aromatic heterocycles. The minimum absolute atomic E-state index is 0.127. The lowest BCUT2D eigenvalue weighted by atomic mass is 10.0. The first-order valence-electron chi connectivity index (χ1n) is 12.5. The Hall–Kier alpha value is -3.46. The van der Waals surface area contributed by atoms with Crippen LogP contribution in [0.15, 0.2) is 85.5 Å². The van der Waals surface area contributed by atoms with Crippen LogP contribution in [0.3, 0.4) is 0 Å². The van der Waals surface area contributed by atoms with Crippen molar-refractivity contribution in [3.8, 4) is 5.75 Å². The van der Waals surface area contributed by atoms with Crippen molar-refractivity contribution in [3.63, 3.8) is 0 Å². The maximum Gasteiger partial charge on any atom is 0.185 e. The van der Waals surface area contributed by atoms with E-state index in [1.54, 1.807) is 6.08 Å². The van der Waals surface area contributed by atoms with Gasteiger partial charge in [-0.15, -0.1) is 0 Å². The average molecular weight is 471 g/mol. The summed E-state index contributed by atoms with van der Waals surface area (Å²) in [5.74, 6) is 0.460. The lowest BCUT2D eigenvalue weighted by molar-refractivity contribution is 0.104. The van der Waals surface area contributed by atoms with Crippen LogP contribution < -0.4 is 4.74 Å². The first-order chi connectivity index (χ1) is 17.0. The molecule has 35 heavy (non-hydrogen) atoms. The van der Waals surface area contributed by atoms with Gasteiger partial charge >= 0.3 is 0 Å². The number of allylic oxidation sites excluding steroid dienone is 2. The Morgan fingerprint density at radius 2 is 1.40 bits per heavy atom. The lowest BCUT2D eigenvalue weighted by Gasteiger charge is -2.07. The van der Waals surface area contributed by atoms with Gasteiger partial charge in [0.05, 0.1) is 6.61 Å². The van der Waals surface area contributed by atoms with Crippen LogP contribution in [-0.2, 0) is 6.42 Å². The highest BCUT2D eigenvalue weighted by Crippen LogP contribution is 2.18. The van der Waals surface area contributed by atoms with Gasteiger partial charge in [-0.1, -0.05) is 80.3 Å². The van der Waals surface area contributed by atoms with Crippen LogP contribution in [0.4, 0.5) is 4.39 Å². The normalized spacial score (nSPS) is 11.0. The third-order valence-corrected chi connectivity index (χ3v) is 6.01. The van der Waals surface area contributed by atoms with Crippen LogP contribution in [0.25, 0.3) is 11.6 Å². The highest BCUT2D eigenvalue weighted by atomic mass is 19.1. The smallest absolute Gasteiger partial charge is 0.185 e. The van der Waals surface area contributed by atoms with E-state index in [-0.39, 0.29) is 11.6 Å². The number of carbonyl (C=O) groups excluding carboxylic acids is 1. The van der Waals surface area contributed by atoms with Gasteiger partial charge in [0.25, 0.3) is 0 Å². The Labute approximate surface area is 209 Å². The molecule has 3 aromatic rings. The molecule has 0 atom stereocenters. The predicted molar refractivity (Wildman–Crippen MR) is 144 cm³/mol.